The van der Waals surface area contributed by atoms with Crippen molar-refractivity contribution in [1.29, 1.82) is 0 Å². The van der Waals surface area contributed by atoms with Crippen molar-refractivity contribution in [3.63, 3.8) is 0 Å². The van der Waals surface area contributed by atoms with Gasteiger partial charge in [0.1, 0.15) is 5.01 Å². The van der Waals surface area contributed by atoms with E-state index in [4.69, 9.17) is 5.73 Å². The molecule has 0 fully saturated rings. The van der Waals surface area contributed by atoms with Crippen LogP contribution in [0.5, 0.6) is 0 Å². The Morgan fingerprint density at radius 1 is 1.19 bits per heavy atom. The Labute approximate surface area is 100 Å². The van der Waals surface area contributed by atoms with Crippen LogP contribution in [-0.2, 0) is 6.54 Å². The molecular weight excluding hydrogens is 216 g/mol. The maximum Gasteiger partial charge on any atom is 0.123 e. The molecule has 0 unspecified atom stereocenters. The Kier molecular flexibility index (Phi) is 3.08. The summed E-state index contributed by atoms with van der Waals surface area (Å²) >= 11 is 1.69. The molecular formula is C13H16N2S. The third kappa shape index (κ3) is 2.01. The Morgan fingerprint density at radius 2 is 1.94 bits per heavy atom. The predicted molar refractivity (Wildman–Crippen MR) is 69.7 cm³/mol. The van der Waals surface area contributed by atoms with Crippen LogP contribution >= 0.6 is 11.3 Å². The molecule has 0 atom stereocenters. The SMILES string of the molecule is Cc1ccc(-c2nc(C)c(CN)s2)cc1C. The van der Waals surface area contributed by atoms with Crippen molar-refractivity contribution in [1.82, 2.24) is 4.98 Å². The third-order valence-corrected chi connectivity index (χ3v) is 4.06. The lowest BCUT2D eigenvalue weighted by molar-refractivity contribution is 1.06. The highest BCUT2D eigenvalue weighted by atomic mass is 32.1. The molecule has 1 heterocycles. The van der Waals surface area contributed by atoms with Gasteiger partial charge in [0.2, 0.25) is 0 Å². The van der Waals surface area contributed by atoms with E-state index in [0.29, 0.717) is 6.54 Å². The van der Waals surface area contributed by atoms with Gasteiger partial charge < -0.3 is 5.73 Å². The normalized spacial score (nSPS) is 10.8. The van der Waals surface area contributed by atoms with Crippen LogP contribution in [-0.4, -0.2) is 4.98 Å². The van der Waals surface area contributed by atoms with Crippen molar-refractivity contribution < 1.29 is 0 Å². The quantitative estimate of drug-likeness (QED) is 0.863. The Hall–Kier alpha value is -1.19. The molecule has 0 saturated carbocycles. The lowest BCUT2D eigenvalue weighted by Crippen LogP contribution is -1.94. The summed E-state index contributed by atoms with van der Waals surface area (Å²) in [6.07, 6.45) is 0. The number of hydrogen-bond acceptors (Lipinski definition) is 3. The van der Waals surface area contributed by atoms with Crippen molar-refractivity contribution in [3.8, 4) is 10.6 Å². The van der Waals surface area contributed by atoms with Gasteiger partial charge in [0.25, 0.3) is 0 Å². The molecule has 0 aliphatic carbocycles. The van der Waals surface area contributed by atoms with Crippen molar-refractivity contribution in [3.05, 3.63) is 39.9 Å². The number of rotatable bonds is 2. The lowest BCUT2D eigenvalue weighted by Gasteiger charge is -2.01. The molecule has 0 radical (unpaired) electrons. The van der Waals surface area contributed by atoms with Crippen LogP contribution in [0.25, 0.3) is 10.6 Å². The summed E-state index contributed by atoms with van der Waals surface area (Å²) in [7, 11) is 0. The van der Waals surface area contributed by atoms with Crippen molar-refractivity contribution in [2.45, 2.75) is 27.3 Å². The first-order valence-electron chi connectivity index (χ1n) is 5.36. The van der Waals surface area contributed by atoms with Crippen molar-refractivity contribution in [2.75, 3.05) is 0 Å². The van der Waals surface area contributed by atoms with Gasteiger partial charge in [0.05, 0.1) is 5.69 Å². The minimum atomic E-state index is 0.578. The van der Waals surface area contributed by atoms with E-state index in [2.05, 4.69) is 37.0 Å². The van der Waals surface area contributed by atoms with E-state index < -0.39 is 0 Å². The fourth-order valence-corrected chi connectivity index (χ4v) is 2.55. The van der Waals surface area contributed by atoms with Gasteiger partial charge in [-0.25, -0.2) is 4.98 Å². The first-order chi connectivity index (χ1) is 7.61. The standard InChI is InChI=1S/C13H16N2S/c1-8-4-5-11(6-9(8)2)13-15-10(3)12(7-14)16-13/h4-6H,7,14H2,1-3H3. The highest BCUT2D eigenvalue weighted by molar-refractivity contribution is 7.15. The first-order valence-corrected chi connectivity index (χ1v) is 6.17. The summed E-state index contributed by atoms with van der Waals surface area (Å²) < 4.78 is 0. The maximum absolute atomic E-state index is 5.67. The average Bonchev–Trinajstić information content (AvgIpc) is 2.64. The number of nitrogens with zero attached hydrogens (tertiary/aromatic N) is 1. The van der Waals surface area contributed by atoms with E-state index in [1.807, 2.05) is 6.92 Å². The molecule has 3 heteroatoms. The smallest absolute Gasteiger partial charge is 0.123 e. The first kappa shape index (κ1) is 11.3. The largest absolute Gasteiger partial charge is 0.326 e. The molecule has 2 aromatic rings. The van der Waals surface area contributed by atoms with E-state index in [9.17, 15) is 0 Å². The van der Waals surface area contributed by atoms with Gasteiger partial charge in [0.15, 0.2) is 0 Å². The highest BCUT2D eigenvalue weighted by Gasteiger charge is 2.08. The summed E-state index contributed by atoms with van der Waals surface area (Å²) in [5, 5.41) is 1.07. The highest BCUT2D eigenvalue weighted by Crippen LogP contribution is 2.28. The zero-order chi connectivity index (χ0) is 11.7. The summed E-state index contributed by atoms with van der Waals surface area (Å²) in [6.45, 7) is 6.85. The lowest BCUT2D eigenvalue weighted by atomic mass is 10.1. The van der Waals surface area contributed by atoms with Crippen LogP contribution in [0.1, 0.15) is 21.7 Å². The van der Waals surface area contributed by atoms with Crippen LogP contribution < -0.4 is 5.73 Å². The van der Waals surface area contributed by atoms with Gasteiger partial charge in [-0.05, 0) is 38.0 Å². The van der Waals surface area contributed by atoms with Crippen LogP contribution in [0.2, 0.25) is 0 Å². The fourth-order valence-electron chi connectivity index (χ4n) is 1.62. The van der Waals surface area contributed by atoms with Crippen LogP contribution in [0.3, 0.4) is 0 Å². The van der Waals surface area contributed by atoms with E-state index in [1.54, 1.807) is 11.3 Å². The number of hydrogen-bond donors (Lipinski definition) is 1. The summed E-state index contributed by atoms with van der Waals surface area (Å²) in [5.41, 5.74) is 10.5. The topological polar surface area (TPSA) is 38.9 Å². The van der Waals surface area contributed by atoms with Gasteiger partial charge >= 0.3 is 0 Å². The molecule has 2 rings (SSSR count). The molecule has 2 nitrogen and oxygen atoms in total. The summed E-state index contributed by atoms with van der Waals surface area (Å²) in [5.74, 6) is 0. The fraction of sp³-hybridized carbons (Fsp3) is 0.308. The number of nitrogens with two attached hydrogens (primary N) is 1. The molecule has 0 spiro atoms. The Bertz CT molecular complexity index is 515. The molecule has 0 saturated heterocycles. The molecule has 0 amide bonds. The second-order valence-corrected chi connectivity index (χ2v) is 5.11. The number of aryl methyl sites for hydroxylation is 3. The monoisotopic (exact) mass is 232 g/mol. The predicted octanol–water partition coefficient (Wildman–Crippen LogP) is 3.19. The van der Waals surface area contributed by atoms with Crippen LogP contribution in [0.4, 0.5) is 0 Å². The number of aromatic nitrogens is 1. The molecule has 16 heavy (non-hydrogen) atoms. The molecule has 84 valence electrons. The third-order valence-electron chi connectivity index (χ3n) is 2.83. The Balaban J connectivity index is 2.46. The van der Waals surface area contributed by atoms with E-state index >= 15 is 0 Å². The zero-order valence-electron chi connectivity index (χ0n) is 9.87. The van der Waals surface area contributed by atoms with Crippen molar-refractivity contribution >= 4 is 11.3 Å². The van der Waals surface area contributed by atoms with Gasteiger partial charge in [-0.2, -0.15) is 0 Å². The molecule has 1 aromatic carbocycles. The minimum Gasteiger partial charge on any atom is -0.326 e. The van der Waals surface area contributed by atoms with Crippen LogP contribution in [0, 0.1) is 20.8 Å². The van der Waals surface area contributed by atoms with Crippen LogP contribution in [0.15, 0.2) is 18.2 Å². The molecule has 0 aliphatic rings. The van der Waals surface area contributed by atoms with Gasteiger partial charge in [-0.1, -0.05) is 12.1 Å². The molecule has 1 aromatic heterocycles. The summed E-state index contributed by atoms with van der Waals surface area (Å²) in [6, 6.07) is 6.46. The molecule has 2 N–H and O–H groups in total. The Morgan fingerprint density at radius 3 is 2.50 bits per heavy atom. The maximum atomic E-state index is 5.67. The minimum absolute atomic E-state index is 0.578. The second-order valence-electron chi connectivity index (χ2n) is 4.03. The number of thiazole rings is 1. The van der Waals surface area contributed by atoms with Crippen molar-refractivity contribution in [2.24, 2.45) is 5.73 Å². The van der Waals surface area contributed by atoms with Gasteiger partial charge in [-0.3, -0.25) is 0 Å². The van der Waals surface area contributed by atoms with Gasteiger partial charge in [-0.15, -0.1) is 11.3 Å². The second kappa shape index (κ2) is 4.36. The molecule has 0 aliphatic heterocycles. The van der Waals surface area contributed by atoms with E-state index in [0.717, 1.165) is 10.7 Å². The van der Waals surface area contributed by atoms with E-state index in [1.165, 1.54) is 21.6 Å². The molecule has 0 bridgehead atoms. The van der Waals surface area contributed by atoms with Gasteiger partial charge in [0, 0.05) is 17.0 Å². The number of benzene rings is 1. The average molecular weight is 232 g/mol. The summed E-state index contributed by atoms with van der Waals surface area (Å²) in [4.78, 5) is 5.74. The zero-order valence-corrected chi connectivity index (χ0v) is 10.7. The van der Waals surface area contributed by atoms with E-state index in [-0.39, 0.29) is 0 Å².